The Bertz CT molecular complexity index is 125. The molecule has 0 spiro atoms. The van der Waals surface area contributed by atoms with Crippen LogP contribution in [0.3, 0.4) is 0 Å². The predicted molar refractivity (Wildman–Crippen MR) is 40.8 cm³/mol. The summed E-state index contributed by atoms with van der Waals surface area (Å²) in [6.07, 6.45) is 1.80. The van der Waals surface area contributed by atoms with Crippen molar-refractivity contribution in [1.82, 2.24) is 5.32 Å². The first-order valence-corrected chi connectivity index (χ1v) is 4.16. The average Bonchev–Trinajstić information content (AvgIpc) is 2.26. The summed E-state index contributed by atoms with van der Waals surface area (Å²) in [5.74, 6) is -2.12. The standard InChI is InChI=1S/C8H15F2N/c1-11-5-3-7-2-4-8(9,10)6-7/h7,11H,2-6H2,1H3. The van der Waals surface area contributed by atoms with Gasteiger partial charge in [0.15, 0.2) is 0 Å². The molecule has 1 nitrogen and oxygen atoms in total. The number of hydrogen-bond donors (Lipinski definition) is 1. The number of rotatable bonds is 3. The van der Waals surface area contributed by atoms with Crippen molar-refractivity contribution in [2.75, 3.05) is 13.6 Å². The fourth-order valence-electron chi connectivity index (χ4n) is 1.64. The zero-order valence-corrected chi connectivity index (χ0v) is 6.87. The van der Waals surface area contributed by atoms with E-state index in [2.05, 4.69) is 5.32 Å². The van der Waals surface area contributed by atoms with Crippen molar-refractivity contribution in [1.29, 1.82) is 0 Å². The first-order valence-electron chi connectivity index (χ1n) is 4.16. The Morgan fingerprint density at radius 2 is 2.27 bits per heavy atom. The summed E-state index contributed by atoms with van der Waals surface area (Å²) in [6, 6.07) is 0. The van der Waals surface area contributed by atoms with Crippen LogP contribution >= 0.6 is 0 Å². The van der Waals surface area contributed by atoms with Crippen LogP contribution in [0.4, 0.5) is 8.78 Å². The summed E-state index contributed by atoms with van der Waals surface area (Å²) in [7, 11) is 1.85. The minimum absolute atomic E-state index is 0.0986. The topological polar surface area (TPSA) is 12.0 Å². The molecule has 66 valence electrons. The number of hydrogen-bond acceptors (Lipinski definition) is 1. The van der Waals surface area contributed by atoms with E-state index in [4.69, 9.17) is 0 Å². The number of alkyl halides is 2. The molecule has 0 aromatic heterocycles. The maximum Gasteiger partial charge on any atom is 0.248 e. The van der Waals surface area contributed by atoms with Crippen LogP contribution in [0, 0.1) is 5.92 Å². The summed E-state index contributed by atoms with van der Waals surface area (Å²) in [4.78, 5) is 0. The van der Waals surface area contributed by atoms with Gasteiger partial charge in [-0.25, -0.2) is 8.78 Å². The molecule has 0 saturated heterocycles. The van der Waals surface area contributed by atoms with Crippen LogP contribution in [0.1, 0.15) is 25.7 Å². The van der Waals surface area contributed by atoms with E-state index in [1.807, 2.05) is 7.05 Å². The van der Waals surface area contributed by atoms with E-state index in [-0.39, 0.29) is 18.8 Å². The molecule has 3 heteroatoms. The normalized spacial score (nSPS) is 29.2. The van der Waals surface area contributed by atoms with Gasteiger partial charge in [-0.15, -0.1) is 0 Å². The van der Waals surface area contributed by atoms with Crippen LogP contribution < -0.4 is 5.32 Å². The highest BCUT2D eigenvalue weighted by molar-refractivity contribution is 4.81. The van der Waals surface area contributed by atoms with E-state index in [1.54, 1.807) is 0 Å². The Balaban J connectivity index is 2.20. The maximum atomic E-state index is 12.6. The molecule has 0 aliphatic heterocycles. The van der Waals surface area contributed by atoms with Gasteiger partial charge in [0, 0.05) is 12.8 Å². The summed E-state index contributed by atoms with van der Waals surface area (Å²) in [5.41, 5.74) is 0. The van der Waals surface area contributed by atoms with E-state index in [9.17, 15) is 8.78 Å². The van der Waals surface area contributed by atoms with Crippen LogP contribution in [0.25, 0.3) is 0 Å². The lowest BCUT2D eigenvalue weighted by atomic mass is 10.0. The van der Waals surface area contributed by atoms with Crippen molar-refractivity contribution in [2.24, 2.45) is 5.92 Å². The Labute approximate surface area is 66.2 Å². The fourth-order valence-corrected chi connectivity index (χ4v) is 1.64. The first kappa shape index (κ1) is 8.91. The van der Waals surface area contributed by atoms with Gasteiger partial charge in [0.2, 0.25) is 5.92 Å². The predicted octanol–water partition coefficient (Wildman–Crippen LogP) is 2.03. The molecule has 0 bridgehead atoms. The summed E-state index contributed by atoms with van der Waals surface area (Å²) >= 11 is 0. The molecule has 0 radical (unpaired) electrons. The molecular weight excluding hydrogens is 148 g/mol. The molecular formula is C8H15F2N. The van der Waals surface area contributed by atoms with Gasteiger partial charge in [-0.05, 0) is 32.4 Å². The monoisotopic (exact) mass is 163 g/mol. The molecule has 0 heterocycles. The second kappa shape index (κ2) is 3.48. The van der Waals surface area contributed by atoms with Gasteiger partial charge >= 0.3 is 0 Å². The molecule has 1 saturated carbocycles. The Morgan fingerprint density at radius 3 is 2.73 bits per heavy atom. The van der Waals surface area contributed by atoms with Gasteiger partial charge in [-0.1, -0.05) is 0 Å². The van der Waals surface area contributed by atoms with Crippen molar-refractivity contribution in [3.05, 3.63) is 0 Å². The lowest BCUT2D eigenvalue weighted by molar-refractivity contribution is 0.00476. The molecule has 1 aliphatic rings. The number of nitrogens with one attached hydrogen (secondary N) is 1. The van der Waals surface area contributed by atoms with Gasteiger partial charge < -0.3 is 5.32 Å². The molecule has 0 amide bonds. The average molecular weight is 163 g/mol. The Kier molecular flexibility index (Phi) is 2.82. The van der Waals surface area contributed by atoms with Crippen molar-refractivity contribution in [3.63, 3.8) is 0 Å². The molecule has 1 atom stereocenters. The zero-order valence-electron chi connectivity index (χ0n) is 6.87. The van der Waals surface area contributed by atoms with Crippen LogP contribution in [-0.2, 0) is 0 Å². The van der Waals surface area contributed by atoms with Gasteiger partial charge in [-0.3, -0.25) is 0 Å². The van der Waals surface area contributed by atoms with Gasteiger partial charge in [0.1, 0.15) is 0 Å². The lowest BCUT2D eigenvalue weighted by Crippen LogP contribution is -2.14. The maximum absolute atomic E-state index is 12.6. The zero-order chi connectivity index (χ0) is 8.32. The highest BCUT2D eigenvalue weighted by Gasteiger charge is 2.38. The third-order valence-electron chi connectivity index (χ3n) is 2.31. The van der Waals surface area contributed by atoms with E-state index in [1.165, 1.54) is 0 Å². The smallest absolute Gasteiger partial charge is 0.248 e. The number of halogens is 2. The fraction of sp³-hybridized carbons (Fsp3) is 1.00. The second-order valence-corrected chi connectivity index (χ2v) is 3.36. The van der Waals surface area contributed by atoms with Gasteiger partial charge in [-0.2, -0.15) is 0 Å². The molecule has 1 rings (SSSR count). The summed E-state index contributed by atoms with van der Waals surface area (Å²) < 4.78 is 25.2. The minimum Gasteiger partial charge on any atom is -0.320 e. The highest BCUT2D eigenvalue weighted by atomic mass is 19.3. The van der Waals surface area contributed by atoms with E-state index >= 15 is 0 Å². The second-order valence-electron chi connectivity index (χ2n) is 3.36. The van der Waals surface area contributed by atoms with E-state index in [0.717, 1.165) is 13.0 Å². The summed E-state index contributed by atoms with van der Waals surface area (Å²) in [5, 5.41) is 2.98. The third kappa shape index (κ3) is 2.73. The molecule has 1 fully saturated rings. The molecule has 1 N–H and O–H groups in total. The highest BCUT2D eigenvalue weighted by Crippen LogP contribution is 2.39. The largest absolute Gasteiger partial charge is 0.320 e. The molecule has 0 aromatic rings. The van der Waals surface area contributed by atoms with Crippen LogP contribution in [0.2, 0.25) is 0 Å². The van der Waals surface area contributed by atoms with E-state index in [0.29, 0.717) is 6.42 Å². The first-order chi connectivity index (χ1) is 5.14. The van der Waals surface area contributed by atoms with Gasteiger partial charge in [0.25, 0.3) is 0 Å². The Morgan fingerprint density at radius 1 is 1.55 bits per heavy atom. The SMILES string of the molecule is CNCCC1CCC(F)(F)C1. The van der Waals surface area contributed by atoms with Crippen molar-refractivity contribution >= 4 is 0 Å². The van der Waals surface area contributed by atoms with Crippen LogP contribution in [0.15, 0.2) is 0 Å². The molecule has 1 aliphatic carbocycles. The molecule has 1 unspecified atom stereocenters. The van der Waals surface area contributed by atoms with Crippen LogP contribution in [-0.4, -0.2) is 19.5 Å². The van der Waals surface area contributed by atoms with Crippen molar-refractivity contribution in [2.45, 2.75) is 31.6 Å². The van der Waals surface area contributed by atoms with Gasteiger partial charge in [0.05, 0.1) is 0 Å². The molecule has 0 aromatic carbocycles. The van der Waals surface area contributed by atoms with Crippen LogP contribution in [0.5, 0.6) is 0 Å². The van der Waals surface area contributed by atoms with E-state index < -0.39 is 5.92 Å². The Hall–Kier alpha value is -0.180. The molecule has 11 heavy (non-hydrogen) atoms. The minimum atomic E-state index is -2.36. The quantitative estimate of drug-likeness (QED) is 0.671. The third-order valence-corrected chi connectivity index (χ3v) is 2.31. The summed E-state index contributed by atoms with van der Waals surface area (Å²) in [6.45, 7) is 0.862. The lowest BCUT2D eigenvalue weighted by Gasteiger charge is -2.09. The van der Waals surface area contributed by atoms with Crippen molar-refractivity contribution in [3.8, 4) is 0 Å². The van der Waals surface area contributed by atoms with Crippen molar-refractivity contribution < 1.29 is 8.78 Å².